The quantitative estimate of drug-likeness (QED) is 0.668. The maximum atomic E-state index is 10.8. The van der Waals surface area contributed by atoms with E-state index < -0.39 is 5.24 Å². The number of aldehydes is 1. The molecule has 1 heterocycles. The van der Waals surface area contributed by atoms with Gasteiger partial charge in [0.1, 0.15) is 0 Å². The summed E-state index contributed by atoms with van der Waals surface area (Å²) in [5, 5.41) is -0.647. The Balaban J connectivity index is 2.37. The Kier molecular flexibility index (Phi) is 3.96. The van der Waals surface area contributed by atoms with Crippen molar-refractivity contribution in [2.24, 2.45) is 5.73 Å². The number of primary amides is 1. The number of hydrogen-bond donors (Lipinski definition) is 1. The molecule has 0 bridgehead atoms. The van der Waals surface area contributed by atoms with Crippen LogP contribution in [0.3, 0.4) is 0 Å². The molecule has 2 N–H and O–H groups in total. The summed E-state index contributed by atoms with van der Waals surface area (Å²) in [7, 11) is 1.50. The molecule has 1 aliphatic heterocycles. The first-order valence-electron chi connectivity index (χ1n) is 5.26. The van der Waals surface area contributed by atoms with Crippen LogP contribution in [-0.4, -0.2) is 25.4 Å². The number of amides is 1. The van der Waals surface area contributed by atoms with Gasteiger partial charge in [0, 0.05) is 0 Å². The molecule has 1 aromatic rings. The summed E-state index contributed by atoms with van der Waals surface area (Å²) in [6.45, 7) is 0.120. The molecule has 0 atom stereocenters. The third-order valence-corrected chi connectivity index (χ3v) is 2.98. The fourth-order valence-electron chi connectivity index (χ4n) is 1.60. The predicted octanol–water partition coefficient (Wildman–Crippen LogP) is 1.78. The van der Waals surface area contributed by atoms with E-state index in [-0.39, 0.29) is 11.7 Å². The van der Waals surface area contributed by atoms with Crippen LogP contribution in [0.4, 0.5) is 4.79 Å². The highest BCUT2D eigenvalue weighted by Crippen LogP contribution is 2.42. The van der Waals surface area contributed by atoms with Gasteiger partial charge in [-0.3, -0.25) is 9.59 Å². The van der Waals surface area contributed by atoms with E-state index in [4.69, 9.17) is 19.9 Å². The van der Waals surface area contributed by atoms with Crippen LogP contribution in [-0.2, 0) is 4.79 Å². The fourth-order valence-corrected chi connectivity index (χ4v) is 2.08. The van der Waals surface area contributed by atoms with Crippen molar-refractivity contribution in [3.8, 4) is 17.2 Å². The minimum Gasteiger partial charge on any atom is -0.493 e. The van der Waals surface area contributed by atoms with Gasteiger partial charge >= 0.3 is 0 Å². The van der Waals surface area contributed by atoms with Crippen LogP contribution in [0.1, 0.15) is 5.56 Å². The molecule has 0 saturated carbocycles. The van der Waals surface area contributed by atoms with Crippen LogP contribution in [0.25, 0.3) is 6.08 Å². The van der Waals surface area contributed by atoms with Crippen molar-refractivity contribution in [3.63, 3.8) is 0 Å². The number of benzene rings is 1. The largest absolute Gasteiger partial charge is 0.493 e. The highest BCUT2D eigenvalue weighted by atomic mass is 32.2. The lowest BCUT2D eigenvalue weighted by Crippen LogP contribution is -2.02. The molecule has 0 radical (unpaired) electrons. The van der Waals surface area contributed by atoms with E-state index in [1.165, 1.54) is 13.2 Å². The average Bonchev–Trinajstić information content (AvgIpc) is 2.84. The van der Waals surface area contributed by atoms with Crippen molar-refractivity contribution in [1.82, 2.24) is 0 Å². The number of hydrogen-bond acceptors (Lipinski definition) is 6. The van der Waals surface area contributed by atoms with Crippen molar-refractivity contribution in [2.75, 3.05) is 13.9 Å². The molecular weight excluding hydrogens is 270 g/mol. The lowest BCUT2D eigenvalue weighted by atomic mass is 10.1. The van der Waals surface area contributed by atoms with E-state index in [1.807, 2.05) is 0 Å². The number of allylic oxidation sites excluding steroid dienone is 1. The third kappa shape index (κ3) is 3.00. The van der Waals surface area contributed by atoms with Gasteiger partial charge in [0.2, 0.25) is 12.5 Å². The van der Waals surface area contributed by atoms with E-state index in [1.54, 1.807) is 12.1 Å². The van der Waals surface area contributed by atoms with Crippen LogP contribution >= 0.6 is 11.8 Å². The number of ether oxygens (including phenoxy) is 3. The third-order valence-electron chi connectivity index (χ3n) is 2.32. The van der Waals surface area contributed by atoms with Gasteiger partial charge in [0.15, 0.2) is 17.8 Å². The summed E-state index contributed by atoms with van der Waals surface area (Å²) in [4.78, 5) is 21.8. The predicted molar refractivity (Wildman–Crippen MR) is 70.3 cm³/mol. The summed E-state index contributed by atoms with van der Waals surface area (Å²) in [5.41, 5.74) is 5.67. The number of thioether (sulfide) groups is 1. The molecule has 0 fully saturated rings. The zero-order valence-corrected chi connectivity index (χ0v) is 10.9. The summed E-state index contributed by atoms with van der Waals surface area (Å²) in [6, 6.07) is 3.37. The number of nitrogens with two attached hydrogens (primary N) is 1. The minimum absolute atomic E-state index is 0.120. The Labute approximate surface area is 113 Å². The maximum absolute atomic E-state index is 10.8. The summed E-state index contributed by atoms with van der Waals surface area (Å²) in [6.07, 6.45) is 2.08. The Morgan fingerprint density at radius 3 is 2.89 bits per heavy atom. The number of methoxy groups -OCH3 is 1. The van der Waals surface area contributed by atoms with Gasteiger partial charge in [-0.1, -0.05) is 0 Å². The molecule has 0 aromatic heterocycles. The van der Waals surface area contributed by atoms with Crippen LogP contribution < -0.4 is 19.9 Å². The molecule has 7 heteroatoms. The summed E-state index contributed by atoms with van der Waals surface area (Å²) >= 11 is 0.660. The molecule has 19 heavy (non-hydrogen) atoms. The first kappa shape index (κ1) is 13.3. The highest BCUT2D eigenvalue weighted by Gasteiger charge is 2.19. The van der Waals surface area contributed by atoms with Crippen molar-refractivity contribution >= 4 is 29.4 Å². The molecule has 100 valence electrons. The molecule has 0 aliphatic carbocycles. The van der Waals surface area contributed by atoms with Gasteiger partial charge in [0.25, 0.3) is 5.24 Å². The van der Waals surface area contributed by atoms with Gasteiger partial charge in [0.05, 0.1) is 12.0 Å². The number of carbonyl (C=O) groups excluding carboxylic acids is 2. The Morgan fingerprint density at radius 2 is 2.26 bits per heavy atom. The van der Waals surface area contributed by atoms with Crippen LogP contribution in [0.15, 0.2) is 17.0 Å². The van der Waals surface area contributed by atoms with Crippen molar-refractivity contribution in [3.05, 3.63) is 22.6 Å². The minimum atomic E-state index is -0.647. The fraction of sp³-hybridized carbons (Fsp3) is 0.167. The van der Waals surface area contributed by atoms with Crippen molar-refractivity contribution in [1.29, 1.82) is 0 Å². The molecular formula is C12H11NO5S. The van der Waals surface area contributed by atoms with Gasteiger partial charge in [-0.15, -0.1) is 0 Å². The standard InChI is InChI=1S/C12H11NO5S/c1-16-9-3-7(2-8(5-14)19-12(13)15)4-10-11(9)18-6-17-10/h2-5H,6H2,1H3,(H2,13,15)/b8-2-. The Hall–Kier alpha value is -2.15. The maximum Gasteiger partial charge on any atom is 0.281 e. The average molecular weight is 281 g/mol. The molecule has 0 saturated heterocycles. The van der Waals surface area contributed by atoms with E-state index in [0.29, 0.717) is 40.9 Å². The molecule has 0 spiro atoms. The molecule has 2 rings (SSSR count). The first-order chi connectivity index (χ1) is 9.13. The van der Waals surface area contributed by atoms with E-state index in [2.05, 4.69) is 0 Å². The van der Waals surface area contributed by atoms with E-state index >= 15 is 0 Å². The number of carbonyl (C=O) groups is 2. The molecule has 1 aromatic carbocycles. The number of fused-ring (bicyclic) bond motifs is 1. The number of rotatable bonds is 4. The van der Waals surface area contributed by atoms with Gasteiger partial charge in [-0.25, -0.2) is 0 Å². The SMILES string of the molecule is COc1cc(/C=C(/C=O)SC(N)=O)cc2c1OCO2. The van der Waals surface area contributed by atoms with Crippen molar-refractivity contribution < 1.29 is 23.8 Å². The van der Waals surface area contributed by atoms with Gasteiger partial charge in [-0.2, -0.15) is 0 Å². The Morgan fingerprint density at radius 1 is 1.47 bits per heavy atom. The second kappa shape index (κ2) is 5.66. The van der Waals surface area contributed by atoms with E-state index in [9.17, 15) is 9.59 Å². The van der Waals surface area contributed by atoms with Crippen molar-refractivity contribution in [2.45, 2.75) is 0 Å². The Bertz CT molecular complexity index is 555. The van der Waals surface area contributed by atoms with E-state index in [0.717, 1.165) is 0 Å². The second-order valence-electron chi connectivity index (χ2n) is 3.54. The lowest BCUT2D eigenvalue weighted by molar-refractivity contribution is -0.104. The second-order valence-corrected chi connectivity index (χ2v) is 4.62. The molecule has 0 unspecified atom stereocenters. The summed E-state index contributed by atoms with van der Waals surface area (Å²) in [5.74, 6) is 1.55. The first-order valence-corrected chi connectivity index (χ1v) is 6.07. The lowest BCUT2D eigenvalue weighted by Gasteiger charge is -2.06. The zero-order valence-electron chi connectivity index (χ0n) is 10.0. The molecule has 1 amide bonds. The van der Waals surface area contributed by atoms with Crippen LogP contribution in [0, 0.1) is 0 Å². The van der Waals surface area contributed by atoms with Gasteiger partial charge < -0.3 is 19.9 Å². The topological polar surface area (TPSA) is 87.9 Å². The highest BCUT2D eigenvalue weighted by molar-refractivity contribution is 8.17. The monoisotopic (exact) mass is 281 g/mol. The van der Waals surface area contributed by atoms with Crippen LogP contribution in [0.5, 0.6) is 17.2 Å². The smallest absolute Gasteiger partial charge is 0.281 e. The zero-order chi connectivity index (χ0) is 13.8. The normalized spacial score (nSPS) is 13.2. The van der Waals surface area contributed by atoms with Gasteiger partial charge in [-0.05, 0) is 35.5 Å². The summed E-state index contributed by atoms with van der Waals surface area (Å²) < 4.78 is 15.7. The molecule has 1 aliphatic rings. The molecule has 6 nitrogen and oxygen atoms in total. The van der Waals surface area contributed by atoms with Crippen LogP contribution in [0.2, 0.25) is 0 Å².